The quantitative estimate of drug-likeness (QED) is 0.210. The summed E-state index contributed by atoms with van der Waals surface area (Å²) < 4.78 is 0. The van der Waals surface area contributed by atoms with Crippen LogP contribution in [0.1, 0.15) is 79.0 Å². The molecule has 3 aromatic rings. The Bertz CT molecular complexity index is 1490. The van der Waals surface area contributed by atoms with Gasteiger partial charge in [-0.15, -0.1) is 0 Å². The Morgan fingerprint density at radius 1 is 0.810 bits per heavy atom. The average molecular weight is 563 g/mol. The van der Waals surface area contributed by atoms with Crippen molar-refractivity contribution in [2.24, 2.45) is 5.92 Å². The first-order valence-corrected chi connectivity index (χ1v) is 15.3. The summed E-state index contributed by atoms with van der Waals surface area (Å²) in [6.07, 6.45) is 0. The maximum absolute atomic E-state index is 4.60. The molecule has 42 heavy (non-hydrogen) atoms. The highest BCUT2D eigenvalue weighted by atomic mass is 15.1. The number of nitrogens with one attached hydrogen (secondary N) is 4. The van der Waals surface area contributed by atoms with Crippen molar-refractivity contribution < 1.29 is 0 Å². The van der Waals surface area contributed by atoms with Crippen molar-refractivity contribution in [2.75, 3.05) is 22.5 Å². The molecule has 4 nitrogen and oxygen atoms in total. The minimum Gasteiger partial charge on any atom is -0.380 e. The second-order valence-corrected chi connectivity index (χ2v) is 13.1. The topological polar surface area (TPSA) is 48.1 Å². The predicted octanol–water partition coefficient (Wildman–Crippen LogP) is 9.68. The van der Waals surface area contributed by atoms with Crippen LogP contribution in [0, 0.1) is 5.92 Å². The van der Waals surface area contributed by atoms with E-state index in [-0.39, 0.29) is 16.6 Å². The SMILES string of the molecule is C=C(Nc1cccc(NC(C)(C)C)c1)c1cc(C(=C)C(C)(C)Nc2ccccc2)cc(C2=C3C(C)CNC23C)c1.CC. The highest BCUT2D eigenvalue weighted by Gasteiger charge is 2.55. The van der Waals surface area contributed by atoms with Crippen molar-refractivity contribution in [2.45, 2.75) is 78.9 Å². The molecule has 3 aromatic carbocycles. The van der Waals surface area contributed by atoms with Crippen molar-refractivity contribution in [3.8, 4) is 0 Å². The van der Waals surface area contributed by atoms with E-state index in [9.17, 15) is 0 Å². The molecule has 222 valence electrons. The van der Waals surface area contributed by atoms with Crippen LogP contribution in [0.2, 0.25) is 0 Å². The Labute approximate surface area is 254 Å². The molecule has 0 radical (unpaired) electrons. The molecule has 4 heteroatoms. The first-order valence-electron chi connectivity index (χ1n) is 15.3. The minimum atomic E-state index is -0.356. The van der Waals surface area contributed by atoms with Crippen LogP contribution in [0.15, 0.2) is 91.5 Å². The van der Waals surface area contributed by atoms with Gasteiger partial charge >= 0.3 is 0 Å². The van der Waals surface area contributed by atoms with Gasteiger partial charge in [0.2, 0.25) is 0 Å². The van der Waals surface area contributed by atoms with Crippen molar-refractivity contribution in [1.82, 2.24) is 5.32 Å². The Morgan fingerprint density at radius 3 is 2.05 bits per heavy atom. The molecule has 0 spiro atoms. The summed E-state index contributed by atoms with van der Waals surface area (Å²) >= 11 is 0. The lowest BCUT2D eigenvalue weighted by Crippen LogP contribution is -2.32. The van der Waals surface area contributed by atoms with Crippen molar-refractivity contribution in [3.63, 3.8) is 0 Å². The molecular weight excluding hydrogens is 512 g/mol. The van der Waals surface area contributed by atoms with Crippen molar-refractivity contribution in [1.29, 1.82) is 0 Å². The van der Waals surface area contributed by atoms with Gasteiger partial charge in [-0.2, -0.15) is 0 Å². The van der Waals surface area contributed by atoms with E-state index in [2.05, 4.69) is 150 Å². The van der Waals surface area contributed by atoms with Gasteiger partial charge in [-0.25, -0.2) is 0 Å². The Balaban J connectivity index is 0.00000198. The van der Waals surface area contributed by atoms with E-state index in [1.165, 1.54) is 16.7 Å². The summed E-state index contributed by atoms with van der Waals surface area (Å²) in [5.74, 6) is 0.547. The lowest BCUT2D eigenvalue weighted by molar-refractivity contribution is 0.630. The Morgan fingerprint density at radius 2 is 1.43 bits per heavy atom. The maximum Gasteiger partial charge on any atom is 0.0637 e. The molecule has 2 aliphatic rings. The third kappa shape index (κ3) is 6.65. The number of benzene rings is 3. The molecule has 2 unspecified atom stereocenters. The second-order valence-electron chi connectivity index (χ2n) is 13.1. The van der Waals surface area contributed by atoms with Gasteiger partial charge in [-0.3, -0.25) is 0 Å². The highest BCUT2D eigenvalue weighted by molar-refractivity contribution is 5.97. The number of rotatable bonds is 9. The molecule has 1 aliphatic heterocycles. The Hall–Kier alpha value is -3.76. The molecular formula is C38H50N4. The van der Waals surface area contributed by atoms with E-state index in [4.69, 9.17) is 0 Å². The molecule has 0 saturated carbocycles. The van der Waals surface area contributed by atoms with Crippen LogP contribution in [0.5, 0.6) is 0 Å². The molecule has 1 saturated heterocycles. The zero-order valence-corrected chi connectivity index (χ0v) is 27.1. The van der Waals surface area contributed by atoms with Crippen molar-refractivity contribution in [3.05, 3.63) is 108 Å². The van der Waals surface area contributed by atoms with Gasteiger partial charge in [0.05, 0.1) is 11.1 Å². The third-order valence-corrected chi connectivity index (χ3v) is 8.08. The van der Waals surface area contributed by atoms with E-state index in [1.54, 1.807) is 0 Å². The first kappa shape index (κ1) is 31.2. The summed E-state index contributed by atoms with van der Waals surface area (Å²) in [6, 6.07) is 25.5. The third-order valence-electron chi connectivity index (χ3n) is 8.08. The zero-order valence-electron chi connectivity index (χ0n) is 27.1. The first-order chi connectivity index (χ1) is 19.8. The van der Waals surface area contributed by atoms with Crippen molar-refractivity contribution >= 4 is 33.9 Å². The van der Waals surface area contributed by atoms with Crippen LogP contribution in [-0.2, 0) is 0 Å². The summed E-state index contributed by atoms with van der Waals surface area (Å²) in [5, 5.41) is 14.5. The summed E-state index contributed by atoms with van der Waals surface area (Å²) in [6.45, 7) is 29.6. The van der Waals surface area contributed by atoms with Gasteiger partial charge in [0.1, 0.15) is 0 Å². The number of fused-ring (bicyclic) bond motifs is 1. The normalized spacial score (nSPS) is 19.3. The number of para-hydroxylation sites is 1. The molecule has 5 rings (SSSR count). The zero-order chi connectivity index (χ0) is 30.9. The van der Waals surface area contributed by atoms with Crippen LogP contribution in [-0.4, -0.2) is 23.2 Å². The van der Waals surface area contributed by atoms with E-state index < -0.39 is 0 Å². The number of anilines is 3. The average Bonchev–Trinajstić information content (AvgIpc) is 3.46. The fraction of sp³-hybridized carbons (Fsp3) is 0.368. The summed E-state index contributed by atoms with van der Waals surface area (Å²) in [5.41, 5.74) is 11.0. The largest absolute Gasteiger partial charge is 0.380 e. The molecule has 1 aliphatic carbocycles. The molecule has 4 N–H and O–H groups in total. The van der Waals surface area contributed by atoms with Crippen LogP contribution < -0.4 is 21.3 Å². The fourth-order valence-electron chi connectivity index (χ4n) is 6.02. The maximum atomic E-state index is 4.60. The van der Waals surface area contributed by atoms with E-state index in [0.717, 1.165) is 46.0 Å². The molecule has 0 bridgehead atoms. The van der Waals surface area contributed by atoms with Gasteiger partial charge in [0.25, 0.3) is 0 Å². The summed E-state index contributed by atoms with van der Waals surface area (Å²) in [4.78, 5) is 0. The smallest absolute Gasteiger partial charge is 0.0637 e. The minimum absolute atomic E-state index is 0.00380. The highest BCUT2D eigenvalue weighted by Crippen LogP contribution is 2.57. The van der Waals surface area contributed by atoms with Crippen LogP contribution in [0.3, 0.4) is 0 Å². The van der Waals surface area contributed by atoms with Gasteiger partial charge in [-0.05, 0) is 129 Å². The molecule has 2 atom stereocenters. The number of hydrogen-bond acceptors (Lipinski definition) is 4. The van der Waals surface area contributed by atoms with Crippen LogP contribution >= 0.6 is 0 Å². The lowest BCUT2D eigenvalue weighted by Gasteiger charge is -2.31. The van der Waals surface area contributed by atoms with Gasteiger partial charge in [-0.1, -0.05) is 58.2 Å². The predicted molar refractivity (Wildman–Crippen MR) is 186 cm³/mol. The number of hydrogen-bond donors (Lipinski definition) is 4. The van der Waals surface area contributed by atoms with E-state index in [1.807, 2.05) is 19.9 Å². The second kappa shape index (κ2) is 11.9. The molecule has 0 aromatic heterocycles. The Kier molecular flexibility index (Phi) is 8.80. The molecule has 0 amide bonds. The monoisotopic (exact) mass is 562 g/mol. The van der Waals surface area contributed by atoms with Gasteiger partial charge in [0.15, 0.2) is 0 Å². The lowest BCUT2D eigenvalue weighted by atomic mass is 9.86. The van der Waals surface area contributed by atoms with E-state index >= 15 is 0 Å². The van der Waals surface area contributed by atoms with Gasteiger partial charge < -0.3 is 21.3 Å². The summed E-state index contributed by atoms with van der Waals surface area (Å²) in [7, 11) is 0. The van der Waals surface area contributed by atoms with Crippen LogP contribution in [0.25, 0.3) is 16.8 Å². The van der Waals surface area contributed by atoms with Gasteiger partial charge in [0, 0.05) is 34.8 Å². The standard InChI is InChI=1S/C36H44N4.C2H6/c1-23-22-37-36(9)32(23)33(36)28-19-26(24(2)35(7,8)40-29-14-11-10-12-15-29)18-27(20-28)25(3)38-30-16-13-17-31(21-30)39-34(4,5)6;1-2/h10-21,23,37-40H,2-3,22H2,1,4-9H3;1-2H3. The van der Waals surface area contributed by atoms with Crippen LogP contribution in [0.4, 0.5) is 17.1 Å². The fourth-order valence-corrected chi connectivity index (χ4v) is 6.02. The molecule has 1 fully saturated rings. The van der Waals surface area contributed by atoms with E-state index in [0.29, 0.717) is 5.92 Å². The molecule has 1 heterocycles.